The van der Waals surface area contributed by atoms with Crippen molar-refractivity contribution >= 4 is 28.8 Å². The molecule has 5 heteroatoms. The number of nitrogens with two attached hydrogens (primary N) is 1. The SMILES string of the molecule is COCc1ccccc1NC(=O)c1ccc(C(N)=S)cc1. The zero-order valence-electron chi connectivity index (χ0n) is 11.6. The molecule has 0 aliphatic heterocycles. The smallest absolute Gasteiger partial charge is 0.255 e. The molecule has 2 aromatic rings. The second-order valence-electron chi connectivity index (χ2n) is 4.49. The highest BCUT2D eigenvalue weighted by atomic mass is 32.1. The van der Waals surface area contributed by atoms with Crippen molar-refractivity contribution in [2.24, 2.45) is 5.73 Å². The van der Waals surface area contributed by atoms with Gasteiger partial charge in [0.2, 0.25) is 0 Å². The summed E-state index contributed by atoms with van der Waals surface area (Å²) in [6, 6.07) is 14.4. The maximum absolute atomic E-state index is 12.2. The molecule has 0 unspecified atom stereocenters. The molecule has 0 fully saturated rings. The Morgan fingerprint density at radius 2 is 1.76 bits per heavy atom. The molecule has 0 aliphatic rings. The van der Waals surface area contributed by atoms with Crippen LogP contribution in [0.1, 0.15) is 21.5 Å². The number of hydrogen-bond acceptors (Lipinski definition) is 3. The number of carbonyl (C=O) groups is 1. The topological polar surface area (TPSA) is 64.3 Å². The number of ether oxygens (including phenoxy) is 1. The average Bonchev–Trinajstić information content (AvgIpc) is 2.49. The van der Waals surface area contributed by atoms with Crippen molar-refractivity contribution in [3.63, 3.8) is 0 Å². The van der Waals surface area contributed by atoms with Gasteiger partial charge in [0.25, 0.3) is 5.91 Å². The maximum atomic E-state index is 12.2. The van der Waals surface area contributed by atoms with Crippen molar-refractivity contribution in [3.8, 4) is 0 Å². The van der Waals surface area contributed by atoms with E-state index in [0.717, 1.165) is 16.8 Å². The van der Waals surface area contributed by atoms with Gasteiger partial charge in [0.05, 0.1) is 6.61 Å². The van der Waals surface area contributed by atoms with E-state index in [0.29, 0.717) is 17.2 Å². The summed E-state index contributed by atoms with van der Waals surface area (Å²) in [7, 11) is 1.62. The summed E-state index contributed by atoms with van der Waals surface area (Å²) < 4.78 is 5.12. The predicted molar refractivity (Wildman–Crippen MR) is 87.4 cm³/mol. The number of hydrogen-bond donors (Lipinski definition) is 2. The molecule has 4 nitrogen and oxygen atoms in total. The van der Waals surface area contributed by atoms with Crippen LogP contribution in [-0.4, -0.2) is 18.0 Å². The Labute approximate surface area is 128 Å². The van der Waals surface area contributed by atoms with Gasteiger partial charge in [0.1, 0.15) is 4.99 Å². The number of benzene rings is 2. The Morgan fingerprint density at radius 3 is 2.38 bits per heavy atom. The van der Waals surface area contributed by atoms with Crippen molar-refractivity contribution in [1.82, 2.24) is 0 Å². The Hall–Kier alpha value is -2.24. The third-order valence-electron chi connectivity index (χ3n) is 3.00. The molecular formula is C16H16N2O2S. The first-order chi connectivity index (χ1) is 10.1. The predicted octanol–water partition coefficient (Wildman–Crippen LogP) is 2.72. The first-order valence-corrected chi connectivity index (χ1v) is 6.80. The molecule has 0 aliphatic carbocycles. The van der Waals surface area contributed by atoms with Crippen LogP contribution in [0.5, 0.6) is 0 Å². The quantitative estimate of drug-likeness (QED) is 0.833. The van der Waals surface area contributed by atoms with E-state index >= 15 is 0 Å². The van der Waals surface area contributed by atoms with Gasteiger partial charge in [-0.3, -0.25) is 4.79 Å². The van der Waals surface area contributed by atoms with E-state index in [4.69, 9.17) is 22.7 Å². The number of anilines is 1. The van der Waals surface area contributed by atoms with Crippen LogP contribution in [0.25, 0.3) is 0 Å². The average molecular weight is 300 g/mol. The van der Waals surface area contributed by atoms with E-state index in [-0.39, 0.29) is 5.91 Å². The van der Waals surface area contributed by atoms with E-state index in [1.54, 1.807) is 31.4 Å². The summed E-state index contributed by atoms with van der Waals surface area (Å²) in [5.74, 6) is -0.187. The molecule has 0 heterocycles. The van der Waals surface area contributed by atoms with Gasteiger partial charge in [-0.05, 0) is 18.2 Å². The Morgan fingerprint density at radius 1 is 1.14 bits per heavy atom. The van der Waals surface area contributed by atoms with E-state index in [2.05, 4.69) is 5.32 Å². The summed E-state index contributed by atoms with van der Waals surface area (Å²) in [5, 5.41) is 2.88. The van der Waals surface area contributed by atoms with Gasteiger partial charge < -0.3 is 15.8 Å². The second kappa shape index (κ2) is 6.97. The van der Waals surface area contributed by atoms with Crippen LogP contribution in [0, 0.1) is 0 Å². The second-order valence-corrected chi connectivity index (χ2v) is 4.93. The Balaban J connectivity index is 2.16. The van der Waals surface area contributed by atoms with Gasteiger partial charge in [0, 0.05) is 29.5 Å². The molecule has 0 saturated heterocycles. The molecule has 1 amide bonds. The zero-order chi connectivity index (χ0) is 15.2. The highest BCUT2D eigenvalue weighted by Crippen LogP contribution is 2.17. The fourth-order valence-corrected chi connectivity index (χ4v) is 2.04. The van der Waals surface area contributed by atoms with Gasteiger partial charge in [-0.2, -0.15) is 0 Å². The molecule has 0 saturated carbocycles. The fraction of sp³-hybridized carbons (Fsp3) is 0.125. The van der Waals surface area contributed by atoms with Crippen molar-refractivity contribution in [3.05, 3.63) is 65.2 Å². The van der Waals surface area contributed by atoms with E-state index in [9.17, 15) is 4.79 Å². The van der Waals surface area contributed by atoms with Crippen LogP contribution < -0.4 is 11.1 Å². The number of thiocarbonyl (C=S) groups is 1. The standard InChI is InChI=1S/C16H16N2O2S/c1-20-10-13-4-2-3-5-14(13)18-16(19)12-8-6-11(7-9-12)15(17)21/h2-9H,10H2,1H3,(H2,17,21)(H,18,19). The molecule has 3 N–H and O–H groups in total. The largest absolute Gasteiger partial charge is 0.389 e. The molecule has 0 spiro atoms. The van der Waals surface area contributed by atoms with Crippen LogP contribution in [0.15, 0.2) is 48.5 Å². The maximum Gasteiger partial charge on any atom is 0.255 e. The zero-order valence-corrected chi connectivity index (χ0v) is 12.4. The number of amides is 1. The first kappa shape index (κ1) is 15.2. The van der Waals surface area contributed by atoms with E-state index in [1.165, 1.54) is 0 Å². The molecule has 0 atom stereocenters. The lowest BCUT2D eigenvalue weighted by Gasteiger charge is -2.10. The molecule has 108 valence electrons. The van der Waals surface area contributed by atoms with Crippen LogP contribution in [0.3, 0.4) is 0 Å². The van der Waals surface area contributed by atoms with Gasteiger partial charge in [-0.25, -0.2) is 0 Å². The lowest BCUT2D eigenvalue weighted by Crippen LogP contribution is -2.14. The van der Waals surface area contributed by atoms with Crippen LogP contribution >= 0.6 is 12.2 Å². The van der Waals surface area contributed by atoms with Gasteiger partial charge in [-0.15, -0.1) is 0 Å². The highest BCUT2D eigenvalue weighted by Gasteiger charge is 2.09. The molecular weight excluding hydrogens is 284 g/mol. The molecule has 0 radical (unpaired) electrons. The van der Waals surface area contributed by atoms with Gasteiger partial charge in [-0.1, -0.05) is 42.5 Å². The molecule has 21 heavy (non-hydrogen) atoms. The van der Waals surface area contributed by atoms with Crippen molar-refractivity contribution in [2.45, 2.75) is 6.61 Å². The van der Waals surface area contributed by atoms with Gasteiger partial charge >= 0.3 is 0 Å². The Kier molecular flexibility index (Phi) is 5.03. The minimum atomic E-state index is -0.187. The number of rotatable bonds is 5. The summed E-state index contributed by atoms with van der Waals surface area (Å²) in [5.41, 5.74) is 8.48. The number of nitrogens with one attached hydrogen (secondary N) is 1. The van der Waals surface area contributed by atoms with Gasteiger partial charge in [0.15, 0.2) is 0 Å². The Bertz CT molecular complexity index is 654. The number of para-hydroxylation sites is 1. The highest BCUT2D eigenvalue weighted by molar-refractivity contribution is 7.80. The third kappa shape index (κ3) is 3.87. The normalized spacial score (nSPS) is 10.1. The third-order valence-corrected chi connectivity index (χ3v) is 3.23. The first-order valence-electron chi connectivity index (χ1n) is 6.40. The summed E-state index contributed by atoms with van der Waals surface area (Å²) in [6.07, 6.45) is 0. The monoisotopic (exact) mass is 300 g/mol. The lowest BCUT2D eigenvalue weighted by molar-refractivity contribution is 0.102. The van der Waals surface area contributed by atoms with Crippen molar-refractivity contribution in [1.29, 1.82) is 0 Å². The number of methoxy groups -OCH3 is 1. The molecule has 0 aromatic heterocycles. The summed E-state index contributed by atoms with van der Waals surface area (Å²) in [4.78, 5) is 12.5. The lowest BCUT2D eigenvalue weighted by atomic mass is 10.1. The number of carbonyl (C=O) groups excluding carboxylic acids is 1. The minimum absolute atomic E-state index is 0.187. The molecule has 2 rings (SSSR count). The summed E-state index contributed by atoms with van der Waals surface area (Å²) in [6.45, 7) is 0.441. The van der Waals surface area contributed by atoms with Crippen molar-refractivity contribution in [2.75, 3.05) is 12.4 Å². The molecule has 2 aromatic carbocycles. The van der Waals surface area contributed by atoms with Crippen LogP contribution in [0.4, 0.5) is 5.69 Å². The molecule has 0 bridgehead atoms. The van der Waals surface area contributed by atoms with Crippen molar-refractivity contribution < 1.29 is 9.53 Å². The van der Waals surface area contributed by atoms with Crippen LogP contribution in [-0.2, 0) is 11.3 Å². The minimum Gasteiger partial charge on any atom is -0.389 e. The van der Waals surface area contributed by atoms with E-state index < -0.39 is 0 Å². The fourth-order valence-electron chi connectivity index (χ4n) is 1.90. The van der Waals surface area contributed by atoms with E-state index in [1.807, 2.05) is 24.3 Å². The van der Waals surface area contributed by atoms with Crippen LogP contribution in [0.2, 0.25) is 0 Å². The summed E-state index contributed by atoms with van der Waals surface area (Å²) >= 11 is 4.89.